The summed E-state index contributed by atoms with van der Waals surface area (Å²) in [7, 11) is 0. The van der Waals surface area contributed by atoms with Crippen LogP contribution in [0.4, 0.5) is 5.69 Å². The third-order valence-corrected chi connectivity index (χ3v) is 6.07. The molecular weight excluding hydrogens is 444 g/mol. The number of carbonyl (C=O) groups is 1. The fourth-order valence-electron chi connectivity index (χ4n) is 4.39. The van der Waals surface area contributed by atoms with Crippen LogP contribution in [0.5, 0.6) is 5.88 Å². The van der Waals surface area contributed by atoms with Gasteiger partial charge in [0.25, 0.3) is 5.91 Å². The number of nitroso groups, excluding NO2 is 1. The minimum atomic E-state index is -0.609. The van der Waals surface area contributed by atoms with Gasteiger partial charge in [-0.3, -0.25) is 10.0 Å². The molecule has 0 aliphatic rings. The van der Waals surface area contributed by atoms with Gasteiger partial charge in [-0.1, -0.05) is 54.1 Å². The fraction of sp³-hybridized carbons (Fsp3) is 0.0741. The number of aromatic hydroxyl groups is 1. The molecule has 0 aliphatic heterocycles. The van der Waals surface area contributed by atoms with Crippen molar-refractivity contribution in [3.8, 4) is 17.1 Å². The predicted octanol–water partition coefficient (Wildman–Crippen LogP) is 5.77. The van der Waals surface area contributed by atoms with Crippen LogP contribution in [-0.2, 0) is 11.3 Å². The molecule has 0 spiro atoms. The molecule has 1 amide bonds. The zero-order valence-electron chi connectivity index (χ0n) is 18.8. The molecule has 174 valence electrons. The van der Waals surface area contributed by atoms with Gasteiger partial charge in [-0.15, -0.1) is 4.91 Å². The number of nitrogens with zero attached hydrogens (tertiary/aromatic N) is 2. The molecule has 8 nitrogen and oxygen atoms in total. The molecular formula is C27H22N4O4. The maximum absolute atomic E-state index is 11.8. The number of carbonyl (C=O) groups excluding carboxylic acids is 1. The first-order valence-corrected chi connectivity index (χ1v) is 11.0. The average molecular weight is 466 g/mol. The lowest BCUT2D eigenvalue weighted by Gasteiger charge is -2.08. The van der Waals surface area contributed by atoms with Gasteiger partial charge in [-0.25, -0.2) is 5.48 Å². The number of hydrogen-bond donors (Lipinski definition) is 4. The number of amides is 1. The van der Waals surface area contributed by atoms with Crippen LogP contribution < -0.4 is 5.48 Å². The van der Waals surface area contributed by atoms with Crippen molar-refractivity contribution in [1.29, 1.82) is 0 Å². The topological polar surface area (TPSA) is 120 Å². The van der Waals surface area contributed by atoms with E-state index in [-0.39, 0.29) is 11.6 Å². The Labute approximate surface area is 200 Å². The van der Waals surface area contributed by atoms with Gasteiger partial charge in [0.1, 0.15) is 5.69 Å². The summed E-state index contributed by atoms with van der Waals surface area (Å²) in [6.45, 7) is 2.36. The largest absolute Gasteiger partial charge is 0.494 e. The monoisotopic (exact) mass is 466 g/mol. The van der Waals surface area contributed by atoms with Crippen LogP contribution in [0, 0.1) is 11.8 Å². The first-order valence-electron chi connectivity index (χ1n) is 11.0. The van der Waals surface area contributed by atoms with Crippen molar-refractivity contribution in [3.63, 3.8) is 0 Å². The predicted molar refractivity (Wildman–Crippen MR) is 136 cm³/mol. The van der Waals surface area contributed by atoms with E-state index in [9.17, 15) is 14.8 Å². The number of rotatable bonds is 6. The standard InChI is InChI=1S/C27H22N4O4/c1-16-6-12-22-20(14-16)24(26-25(30-35)19-4-2-3-5-21(19)28-26)27(33)31(22)15-18-9-7-17(8-10-18)11-13-23(32)29-34/h2-14,28,33-34H,15H2,1H3,(H,29,32)/b13-11+. The molecule has 4 N–H and O–H groups in total. The fourth-order valence-corrected chi connectivity index (χ4v) is 4.39. The van der Waals surface area contributed by atoms with E-state index in [1.165, 1.54) is 6.08 Å². The van der Waals surface area contributed by atoms with Gasteiger partial charge in [0.15, 0.2) is 0 Å². The van der Waals surface area contributed by atoms with E-state index in [2.05, 4.69) is 10.2 Å². The van der Waals surface area contributed by atoms with E-state index in [1.807, 2.05) is 73.7 Å². The van der Waals surface area contributed by atoms with Gasteiger partial charge < -0.3 is 14.7 Å². The molecule has 5 rings (SSSR count). The van der Waals surface area contributed by atoms with Crippen molar-refractivity contribution in [2.75, 3.05) is 0 Å². The van der Waals surface area contributed by atoms with E-state index in [1.54, 1.807) is 16.1 Å². The highest BCUT2D eigenvalue weighted by Gasteiger charge is 2.24. The SMILES string of the molecule is Cc1ccc2c(c1)c(-c1[nH]c3ccccc3c1N=O)c(O)n2Cc1ccc(/C=C/C(=O)NO)cc1. The number of hydrogen-bond acceptors (Lipinski definition) is 5. The number of benzene rings is 3. The molecule has 8 heteroatoms. The minimum absolute atomic E-state index is 0.0330. The highest BCUT2D eigenvalue weighted by molar-refractivity contribution is 6.07. The number of aromatic amines is 1. The molecule has 0 fully saturated rings. The second-order valence-electron chi connectivity index (χ2n) is 8.34. The summed E-state index contributed by atoms with van der Waals surface area (Å²) in [5, 5.41) is 24.8. The van der Waals surface area contributed by atoms with Crippen LogP contribution in [0.25, 0.3) is 39.1 Å². The van der Waals surface area contributed by atoms with E-state index in [4.69, 9.17) is 5.21 Å². The van der Waals surface area contributed by atoms with Crippen LogP contribution >= 0.6 is 0 Å². The molecule has 0 saturated heterocycles. The third kappa shape index (κ3) is 3.96. The van der Waals surface area contributed by atoms with E-state index < -0.39 is 5.91 Å². The van der Waals surface area contributed by atoms with E-state index in [0.717, 1.165) is 33.1 Å². The number of aromatic nitrogens is 2. The van der Waals surface area contributed by atoms with Crippen molar-refractivity contribution in [1.82, 2.24) is 15.0 Å². The Balaban J connectivity index is 1.61. The van der Waals surface area contributed by atoms with Crippen LogP contribution in [0.1, 0.15) is 16.7 Å². The smallest absolute Gasteiger partial charge is 0.267 e. The van der Waals surface area contributed by atoms with Crippen molar-refractivity contribution in [2.45, 2.75) is 13.5 Å². The quantitative estimate of drug-likeness (QED) is 0.110. The number of hydroxylamine groups is 1. The molecule has 0 unspecified atom stereocenters. The molecule has 0 radical (unpaired) electrons. The van der Waals surface area contributed by atoms with Crippen LogP contribution in [0.15, 0.2) is 78.0 Å². The van der Waals surface area contributed by atoms with Gasteiger partial charge in [-0.05, 0) is 47.5 Å². The molecule has 5 aromatic rings. The number of fused-ring (bicyclic) bond motifs is 2. The zero-order valence-corrected chi connectivity index (χ0v) is 18.8. The molecule has 0 aliphatic carbocycles. The lowest BCUT2D eigenvalue weighted by Crippen LogP contribution is -2.14. The molecule has 2 heterocycles. The summed E-state index contributed by atoms with van der Waals surface area (Å²) >= 11 is 0. The maximum atomic E-state index is 11.8. The Kier molecular flexibility index (Phi) is 5.64. The van der Waals surface area contributed by atoms with Gasteiger partial charge in [-0.2, -0.15) is 0 Å². The highest BCUT2D eigenvalue weighted by atomic mass is 16.5. The first-order chi connectivity index (χ1) is 17.0. The van der Waals surface area contributed by atoms with Crippen molar-refractivity contribution < 1.29 is 15.1 Å². The molecule has 2 aromatic heterocycles. The van der Waals surface area contributed by atoms with Gasteiger partial charge in [0, 0.05) is 22.4 Å². The highest BCUT2D eigenvalue weighted by Crippen LogP contribution is 2.46. The lowest BCUT2D eigenvalue weighted by atomic mass is 10.1. The van der Waals surface area contributed by atoms with E-state index in [0.29, 0.717) is 23.2 Å². The van der Waals surface area contributed by atoms with Crippen molar-refractivity contribution >= 4 is 39.5 Å². The second kappa shape index (κ2) is 8.92. The Morgan fingerprint density at radius 3 is 2.60 bits per heavy atom. The molecule has 35 heavy (non-hydrogen) atoms. The Hall–Kier alpha value is -4.69. The van der Waals surface area contributed by atoms with Gasteiger partial charge in [0.05, 0.1) is 23.3 Å². The minimum Gasteiger partial charge on any atom is -0.494 e. The van der Waals surface area contributed by atoms with Gasteiger partial charge in [0.2, 0.25) is 5.88 Å². The Bertz CT molecular complexity index is 1610. The second-order valence-corrected chi connectivity index (χ2v) is 8.34. The van der Waals surface area contributed by atoms with Gasteiger partial charge >= 0.3 is 0 Å². The summed E-state index contributed by atoms with van der Waals surface area (Å²) in [5.74, 6) is -0.576. The molecule has 3 aromatic carbocycles. The normalized spacial score (nSPS) is 11.5. The molecule has 0 atom stereocenters. The third-order valence-electron chi connectivity index (χ3n) is 6.07. The summed E-state index contributed by atoms with van der Waals surface area (Å²) in [5.41, 5.74) is 7.16. The maximum Gasteiger partial charge on any atom is 0.267 e. The number of H-pyrrole nitrogens is 1. The van der Waals surface area contributed by atoms with Crippen molar-refractivity contribution in [3.05, 3.63) is 94.4 Å². The van der Waals surface area contributed by atoms with Crippen LogP contribution in [-0.4, -0.2) is 25.8 Å². The van der Waals surface area contributed by atoms with Crippen LogP contribution in [0.3, 0.4) is 0 Å². The zero-order chi connectivity index (χ0) is 24.5. The lowest BCUT2D eigenvalue weighted by molar-refractivity contribution is -0.124. The summed E-state index contributed by atoms with van der Waals surface area (Å²) in [4.78, 5) is 26.3. The average Bonchev–Trinajstić information content (AvgIpc) is 3.37. The molecule has 0 bridgehead atoms. The Morgan fingerprint density at radius 2 is 1.86 bits per heavy atom. The molecule has 0 saturated carbocycles. The summed E-state index contributed by atoms with van der Waals surface area (Å²) in [6.07, 6.45) is 2.82. The number of nitrogens with one attached hydrogen (secondary N) is 2. The first kappa shape index (κ1) is 22.1. The number of para-hydroxylation sites is 1. The van der Waals surface area contributed by atoms with Crippen molar-refractivity contribution in [2.24, 2.45) is 5.18 Å². The van der Waals surface area contributed by atoms with E-state index >= 15 is 0 Å². The summed E-state index contributed by atoms with van der Waals surface area (Å²) < 4.78 is 1.80. The number of aryl methyl sites for hydroxylation is 1. The summed E-state index contributed by atoms with van der Waals surface area (Å²) in [6, 6.07) is 20.8. The Morgan fingerprint density at radius 1 is 1.09 bits per heavy atom. The van der Waals surface area contributed by atoms with Crippen LogP contribution in [0.2, 0.25) is 0 Å².